The van der Waals surface area contributed by atoms with Crippen molar-refractivity contribution in [3.63, 3.8) is 0 Å². The summed E-state index contributed by atoms with van der Waals surface area (Å²) in [6, 6.07) is 9.54. The zero-order valence-corrected chi connectivity index (χ0v) is 14.1. The van der Waals surface area contributed by atoms with Gasteiger partial charge in [-0.2, -0.15) is 0 Å². The number of hydrogen-bond donors (Lipinski definition) is 0. The molecule has 110 valence electrons. The maximum absolute atomic E-state index is 3.92. The van der Waals surface area contributed by atoms with Gasteiger partial charge in [-0.25, -0.2) is 0 Å². The molecule has 1 heteroatoms. The topological polar surface area (TPSA) is 0 Å². The van der Waals surface area contributed by atoms with E-state index in [0.717, 1.165) is 11.8 Å². The zero-order chi connectivity index (χ0) is 13.8. The normalized spacial score (nSPS) is 23.1. The Bertz CT molecular complexity index is 396. The first kappa shape index (κ1) is 14.6. The number of alkyl halides is 1. The Morgan fingerprint density at radius 3 is 2.10 bits per heavy atom. The van der Waals surface area contributed by atoms with Crippen molar-refractivity contribution in [1.29, 1.82) is 0 Å². The second kappa shape index (κ2) is 7.11. The molecule has 0 radical (unpaired) electrons. The van der Waals surface area contributed by atoms with Gasteiger partial charge in [0.15, 0.2) is 0 Å². The highest BCUT2D eigenvalue weighted by atomic mass is 79.9. The average Bonchev–Trinajstić information content (AvgIpc) is 3.01. The molecule has 0 spiro atoms. The Kier molecular flexibility index (Phi) is 5.20. The van der Waals surface area contributed by atoms with Crippen LogP contribution in [0.15, 0.2) is 24.3 Å². The van der Waals surface area contributed by atoms with Crippen LogP contribution < -0.4 is 0 Å². The van der Waals surface area contributed by atoms with Gasteiger partial charge in [-0.05, 0) is 42.2 Å². The molecule has 0 heterocycles. The van der Waals surface area contributed by atoms with E-state index in [1.54, 1.807) is 5.56 Å². The molecular formula is C19H27Br. The minimum absolute atomic E-state index is 0.561. The molecular weight excluding hydrogens is 308 g/mol. The summed E-state index contributed by atoms with van der Waals surface area (Å²) in [4.78, 5) is 0.561. The Labute approximate surface area is 132 Å². The van der Waals surface area contributed by atoms with E-state index < -0.39 is 0 Å². The van der Waals surface area contributed by atoms with Crippen molar-refractivity contribution >= 4 is 15.9 Å². The van der Waals surface area contributed by atoms with E-state index in [2.05, 4.69) is 40.2 Å². The summed E-state index contributed by atoms with van der Waals surface area (Å²) in [5.41, 5.74) is 3.06. The highest BCUT2D eigenvalue weighted by Gasteiger charge is 2.20. The minimum Gasteiger partial charge on any atom is -0.0839 e. The summed E-state index contributed by atoms with van der Waals surface area (Å²) in [6.07, 6.45) is 14.2. The molecule has 1 aromatic rings. The van der Waals surface area contributed by atoms with Crippen LogP contribution in [-0.4, -0.2) is 0 Å². The summed E-state index contributed by atoms with van der Waals surface area (Å²) >= 11 is 3.92. The summed E-state index contributed by atoms with van der Waals surface area (Å²) in [6.45, 7) is 0. The van der Waals surface area contributed by atoms with Crippen LogP contribution in [0.3, 0.4) is 0 Å². The first-order valence-electron chi connectivity index (χ1n) is 8.57. The molecule has 1 aromatic carbocycles. The van der Waals surface area contributed by atoms with Crippen LogP contribution in [0.4, 0.5) is 0 Å². The van der Waals surface area contributed by atoms with Gasteiger partial charge < -0.3 is 0 Å². The standard InChI is InChI=1S/C19H27Br/c20-19(14-15-6-4-5-7-15)18-12-10-17(11-13-18)16-8-2-1-3-9-16/h10-13,15-16,19H,1-9,14H2. The van der Waals surface area contributed by atoms with E-state index in [4.69, 9.17) is 0 Å². The summed E-state index contributed by atoms with van der Waals surface area (Å²) in [5.74, 6) is 1.79. The third-order valence-corrected chi connectivity index (χ3v) is 6.29. The molecule has 0 N–H and O–H groups in total. The van der Waals surface area contributed by atoms with Gasteiger partial charge in [-0.3, -0.25) is 0 Å². The molecule has 20 heavy (non-hydrogen) atoms. The van der Waals surface area contributed by atoms with Crippen LogP contribution in [-0.2, 0) is 0 Å². The van der Waals surface area contributed by atoms with E-state index in [0.29, 0.717) is 4.83 Å². The highest BCUT2D eigenvalue weighted by molar-refractivity contribution is 9.09. The molecule has 2 saturated carbocycles. The van der Waals surface area contributed by atoms with Crippen molar-refractivity contribution in [3.8, 4) is 0 Å². The molecule has 1 atom stereocenters. The molecule has 2 fully saturated rings. The molecule has 0 bridgehead atoms. The highest BCUT2D eigenvalue weighted by Crippen LogP contribution is 2.38. The lowest BCUT2D eigenvalue weighted by molar-refractivity contribution is 0.443. The van der Waals surface area contributed by atoms with Crippen LogP contribution in [0.25, 0.3) is 0 Å². The molecule has 3 rings (SSSR count). The number of halogens is 1. The molecule has 2 aliphatic rings. The maximum Gasteiger partial charge on any atom is 0.0397 e. The fraction of sp³-hybridized carbons (Fsp3) is 0.684. The lowest BCUT2D eigenvalue weighted by Gasteiger charge is -2.22. The van der Waals surface area contributed by atoms with Crippen LogP contribution in [0.5, 0.6) is 0 Å². The minimum atomic E-state index is 0.561. The van der Waals surface area contributed by atoms with Crippen LogP contribution in [0.1, 0.15) is 86.1 Å². The quantitative estimate of drug-likeness (QED) is 0.534. The van der Waals surface area contributed by atoms with Crippen molar-refractivity contribution in [2.45, 2.75) is 75.0 Å². The predicted octanol–water partition coefficient (Wildman–Crippen LogP) is 6.75. The van der Waals surface area contributed by atoms with Gasteiger partial charge in [0.25, 0.3) is 0 Å². The molecule has 0 saturated heterocycles. The van der Waals surface area contributed by atoms with Gasteiger partial charge in [-0.1, -0.05) is 85.1 Å². The first-order chi connectivity index (χ1) is 9.83. The van der Waals surface area contributed by atoms with E-state index in [-0.39, 0.29) is 0 Å². The molecule has 0 nitrogen and oxygen atoms in total. The van der Waals surface area contributed by atoms with Crippen LogP contribution in [0, 0.1) is 5.92 Å². The van der Waals surface area contributed by atoms with Gasteiger partial charge in [0.1, 0.15) is 0 Å². The molecule has 1 unspecified atom stereocenters. The van der Waals surface area contributed by atoms with E-state index in [1.165, 1.54) is 69.8 Å². The molecule has 0 aromatic heterocycles. The lowest BCUT2D eigenvalue weighted by atomic mass is 9.83. The largest absolute Gasteiger partial charge is 0.0839 e. The first-order valence-corrected chi connectivity index (χ1v) is 9.48. The van der Waals surface area contributed by atoms with E-state index in [1.807, 2.05) is 0 Å². The van der Waals surface area contributed by atoms with Crippen LogP contribution >= 0.6 is 15.9 Å². The smallest absolute Gasteiger partial charge is 0.0397 e. The van der Waals surface area contributed by atoms with Gasteiger partial charge >= 0.3 is 0 Å². The number of benzene rings is 1. The Morgan fingerprint density at radius 2 is 1.45 bits per heavy atom. The predicted molar refractivity (Wildman–Crippen MR) is 90.5 cm³/mol. The zero-order valence-electron chi connectivity index (χ0n) is 12.5. The summed E-state index contributed by atoms with van der Waals surface area (Å²) < 4.78 is 0. The second-order valence-electron chi connectivity index (χ2n) is 6.86. The molecule has 2 aliphatic carbocycles. The van der Waals surface area contributed by atoms with Crippen molar-refractivity contribution < 1.29 is 0 Å². The third-order valence-electron chi connectivity index (χ3n) is 5.39. The molecule has 0 amide bonds. The Hall–Kier alpha value is -0.300. The van der Waals surface area contributed by atoms with Gasteiger partial charge in [0, 0.05) is 4.83 Å². The number of rotatable bonds is 4. The Balaban J connectivity index is 1.59. The summed E-state index contributed by atoms with van der Waals surface area (Å²) in [7, 11) is 0. The summed E-state index contributed by atoms with van der Waals surface area (Å²) in [5, 5.41) is 0. The average molecular weight is 335 g/mol. The molecule has 0 aliphatic heterocycles. The van der Waals surface area contributed by atoms with Crippen LogP contribution in [0.2, 0.25) is 0 Å². The van der Waals surface area contributed by atoms with Gasteiger partial charge in [-0.15, -0.1) is 0 Å². The van der Waals surface area contributed by atoms with Crippen molar-refractivity contribution in [2.75, 3.05) is 0 Å². The van der Waals surface area contributed by atoms with Crippen molar-refractivity contribution in [3.05, 3.63) is 35.4 Å². The monoisotopic (exact) mass is 334 g/mol. The lowest BCUT2D eigenvalue weighted by Crippen LogP contribution is -2.05. The van der Waals surface area contributed by atoms with E-state index >= 15 is 0 Å². The fourth-order valence-corrected chi connectivity index (χ4v) is 4.92. The van der Waals surface area contributed by atoms with Crippen molar-refractivity contribution in [2.24, 2.45) is 5.92 Å². The Morgan fingerprint density at radius 1 is 0.850 bits per heavy atom. The third kappa shape index (κ3) is 3.67. The SMILES string of the molecule is BrC(CC1CCCC1)c1ccc(C2CCCCC2)cc1. The van der Waals surface area contributed by atoms with Crippen molar-refractivity contribution in [1.82, 2.24) is 0 Å². The maximum atomic E-state index is 3.92. The second-order valence-corrected chi connectivity index (χ2v) is 7.96. The number of hydrogen-bond acceptors (Lipinski definition) is 0. The van der Waals surface area contributed by atoms with Gasteiger partial charge in [0.2, 0.25) is 0 Å². The fourth-order valence-electron chi connectivity index (χ4n) is 4.09. The van der Waals surface area contributed by atoms with Gasteiger partial charge in [0.05, 0.1) is 0 Å². The van der Waals surface area contributed by atoms with E-state index in [9.17, 15) is 0 Å².